The number of hydrogen-bond donors (Lipinski definition) is 1. The Labute approximate surface area is 150 Å². The van der Waals surface area contributed by atoms with E-state index < -0.39 is 0 Å². The summed E-state index contributed by atoms with van der Waals surface area (Å²) >= 11 is 0. The molecule has 6 heteroatoms. The van der Waals surface area contributed by atoms with Crippen LogP contribution in [0.3, 0.4) is 0 Å². The molecule has 6 nitrogen and oxygen atoms in total. The van der Waals surface area contributed by atoms with Gasteiger partial charge in [0.1, 0.15) is 5.75 Å². The van der Waals surface area contributed by atoms with Gasteiger partial charge in [0, 0.05) is 32.2 Å². The Kier molecular flexibility index (Phi) is 6.28. The van der Waals surface area contributed by atoms with Crippen LogP contribution in [0.2, 0.25) is 0 Å². The monoisotopic (exact) mass is 347 g/mol. The van der Waals surface area contributed by atoms with E-state index in [1.54, 1.807) is 12.0 Å². The number of nitrogens with one attached hydrogen (secondary N) is 1. The zero-order valence-corrected chi connectivity index (χ0v) is 15.9. The molecule has 1 heterocycles. The standard InChI is InChI=1S/C19H29N3O3/c1-13(2)20-19(24)22-8-6-21(7-9-22)18(23)12-16-10-15(4)17(25-5)11-14(16)3/h10-11,13H,6-9,12H2,1-5H3,(H,20,24). The highest BCUT2D eigenvalue weighted by atomic mass is 16.5. The number of carbonyl (C=O) groups excluding carboxylic acids is 2. The molecule has 0 spiro atoms. The van der Waals surface area contributed by atoms with Crippen molar-refractivity contribution < 1.29 is 14.3 Å². The molecule has 0 bridgehead atoms. The largest absolute Gasteiger partial charge is 0.496 e. The quantitative estimate of drug-likeness (QED) is 0.907. The maximum absolute atomic E-state index is 12.6. The van der Waals surface area contributed by atoms with Crippen LogP contribution in [0.1, 0.15) is 30.5 Å². The first-order valence-corrected chi connectivity index (χ1v) is 8.79. The first-order valence-electron chi connectivity index (χ1n) is 8.79. The fourth-order valence-corrected chi connectivity index (χ4v) is 3.03. The minimum atomic E-state index is -0.0521. The number of urea groups is 1. The molecule has 1 aliphatic rings. The highest BCUT2D eigenvalue weighted by Gasteiger charge is 2.24. The summed E-state index contributed by atoms with van der Waals surface area (Å²) in [6, 6.07) is 4.07. The van der Waals surface area contributed by atoms with Crippen LogP contribution >= 0.6 is 0 Å². The van der Waals surface area contributed by atoms with E-state index in [1.165, 1.54) is 0 Å². The van der Waals surface area contributed by atoms with Gasteiger partial charge in [-0.1, -0.05) is 6.07 Å². The van der Waals surface area contributed by atoms with E-state index in [1.807, 2.05) is 44.7 Å². The van der Waals surface area contributed by atoms with Crippen LogP contribution in [0.25, 0.3) is 0 Å². The molecular formula is C19H29N3O3. The second kappa shape index (κ2) is 8.23. The molecule has 0 aliphatic carbocycles. The van der Waals surface area contributed by atoms with Gasteiger partial charge in [-0.3, -0.25) is 4.79 Å². The second-order valence-electron chi connectivity index (χ2n) is 6.90. The van der Waals surface area contributed by atoms with Gasteiger partial charge in [0.25, 0.3) is 0 Å². The molecule has 138 valence electrons. The van der Waals surface area contributed by atoms with E-state index in [4.69, 9.17) is 4.74 Å². The van der Waals surface area contributed by atoms with Gasteiger partial charge >= 0.3 is 6.03 Å². The molecule has 1 aromatic carbocycles. The highest BCUT2D eigenvalue weighted by molar-refractivity contribution is 5.80. The maximum atomic E-state index is 12.6. The summed E-state index contributed by atoms with van der Waals surface area (Å²) in [5.74, 6) is 0.954. The summed E-state index contributed by atoms with van der Waals surface area (Å²) in [5, 5.41) is 2.89. The minimum absolute atomic E-state index is 0.0521. The van der Waals surface area contributed by atoms with Gasteiger partial charge in [-0.25, -0.2) is 4.79 Å². The van der Waals surface area contributed by atoms with Gasteiger partial charge in [0.05, 0.1) is 13.5 Å². The van der Waals surface area contributed by atoms with Crippen LogP contribution in [0.15, 0.2) is 12.1 Å². The summed E-state index contributed by atoms with van der Waals surface area (Å²) in [6.07, 6.45) is 0.384. The smallest absolute Gasteiger partial charge is 0.317 e. The number of nitrogens with zero attached hydrogens (tertiary/aromatic N) is 2. The van der Waals surface area contributed by atoms with Crippen molar-refractivity contribution >= 4 is 11.9 Å². The molecule has 0 unspecified atom stereocenters. The lowest BCUT2D eigenvalue weighted by molar-refractivity contribution is -0.131. The van der Waals surface area contributed by atoms with Crippen LogP contribution in [-0.4, -0.2) is 61.1 Å². The Hall–Kier alpha value is -2.24. The number of carbonyl (C=O) groups is 2. The van der Waals surface area contributed by atoms with E-state index in [0.717, 1.165) is 22.4 Å². The van der Waals surface area contributed by atoms with Crippen molar-refractivity contribution in [3.8, 4) is 5.75 Å². The van der Waals surface area contributed by atoms with E-state index >= 15 is 0 Å². The molecule has 1 fully saturated rings. The number of hydrogen-bond acceptors (Lipinski definition) is 3. The third kappa shape index (κ3) is 4.87. The van der Waals surface area contributed by atoms with E-state index in [0.29, 0.717) is 32.6 Å². The maximum Gasteiger partial charge on any atom is 0.317 e. The predicted octanol–water partition coefficient (Wildman–Crippen LogP) is 2.12. The Bertz CT molecular complexity index is 635. The van der Waals surface area contributed by atoms with Gasteiger partial charge in [-0.15, -0.1) is 0 Å². The SMILES string of the molecule is COc1cc(C)c(CC(=O)N2CCN(C(=O)NC(C)C)CC2)cc1C. The van der Waals surface area contributed by atoms with Gasteiger partial charge in [0.2, 0.25) is 5.91 Å². The van der Waals surface area contributed by atoms with Crippen molar-refractivity contribution in [2.75, 3.05) is 33.3 Å². The first kappa shape index (κ1) is 19.1. The van der Waals surface area contributed by atoms with Gasteiger partial charge < -0.3 is 19.9 Å². The van der Waals surface area contributed by atoms with Crippen molar-refractivity contribution in [1.29, 1.82) is 0 Å². The summed E-state index contributed by atoms with van der Waals surface area (Å²) in [6.45, 7) is 10.2. The molecule has 3 amide bonds. The number of benzene rings is 1. The van der Waals surface area contributed by atoms with Crippen molar-refractivity contribution in [3.63, 3.8) is 0 Å². The molecule has 0 radical (unpaired) electrons. The molecule has 0 aromatic heterocycles. The Morgan fingerprint density at radius 2 is 1.68 bits per heavy atom. The van der Waals surface area contributed by atoms with Gasteiger partial charge in [-0.2, -0.15) is 0 Å². The molecule has 0 atom stereocenters. The van der Waals surface area contributed by atoms with E-state index in [9.17, 15) is 9.59 Å². The normalized spacial score (nSPS) is 14.6. The Morgan fingerprint density at radius 1 is 1.08 bits per heavy atom. The van der Waals surface area contributed by atoms with Crippen LogP contribution in [-0.2, 0) is 11.2 Å². The van der Waals surface area contributed by atoms with Crippen LogP contribution in [0.4, 0.5) is 4.79 Å². The number of ether oxygens (including phenoxy) is 1. The van der Waals surface area contributed by atoms with Crippen molar-refractivity contribution in [2.24, 2.45) is 0 Å². The lowest BCUT2D eigenvalue weighted by Crippen LogP contribution is -2.54. The number of amides is 3. The molecule has 1 N–H and O–H groups in total. The number of piperazine rings is 1. The molecule has 1 saturated heterocycles. The highest BCUT2D eigenvalue weighted by Crippen LogP contribution is 2.23. The fourth-order valence-electron chi connectivity index (χ4n) is 3.03. The third-order valence-electron chi connectivity index (χ3n) is 4.53. The molecule has 1 aromatic rings. The van der Waals surface area contributed by atoms with E-state index in [-0.39, 0.29) is 18.0 Å². The third-order valence-corrected chi connectivity index (χ3v) is 4.53. The average molecular weight is 347 g/mol. The topological polar surface area (TPSA) is 61.9 Å². The second-order valence-corrected chi connectivity index (χ2v) is 6.90. The number of methoxy groups -OCH3 is 1. The van der Waals surface area contributed by atoms with Crippen LogP contribution < -0.4 is 10.1 Å². The zero-order valence-electron chi connectivity index (χ0n) is 15.9. The van der Waals surface area contributed by atoms with Crippen molar-refractivity contribution in [2.45, 2.75) is 40.2 Å². The van der Waals surface area contributed by atoms with Crippen molar-refractivity contribution in [3.05, 3.63) is 28.8 Å². The van der Waals surface area contributed by atoms with Crippen molar-refractivity contribution in [1.82, 2.24) is 15.1 Å². The summed E-state index contributed by atoms with van der Waals surface area (Å²) in [7, 11) is 1.65. The van der Waals surface area contributed by atoms with E-state index in [2.05, 4.69) is 5.32 Å². The van der Waals surface area contributed by atoms with Crippen LogP contribution in [0.5, 0.6) is 5.75 Å². The molecule has 25 heavy (non-hydrogen) atoms. The average Bonchev–Trinajstić information content (AvgIpc) is 2.57. The predicted molar refractivity (Wildman–Crippen MR) is 98.0 cm³/mol. The number of aryl methyl sites for hydroxylation is 2. The number of rotatable bonds is 4. The molecule has 1 aliphatic heterocycles. The minimum Gasteiger partial charge on any atom is -0.496 e. The van der Waals surface area contributed by atoms with Gasteiger partial charge in [0.15, 0.2) is 0 Å². The summed E-state index contributed by atoms with van der Waals surface area (Å²) < 4.78 is 5.32. The summed E-state index contributed by atoms with van der Waals surface area (Å²) in [4.78, 5) is 28.2. The Balaban J connectivity index is 1.93. The fraction of sp³-hybridized carbons (Fsp3) is 0.579. The zero-order chi connectivity index (χ0) is 18.6. The molecule has 0 saturated carbocycles. The lowest BCUT2D eigenvalue weighted by atomic mass is 10.0. The molecule has 2 rings (SSSR count). The van der Waals surface area contributed by atoms with Gasteiger partial charge in [-0.05, 0) is 50.5 Å². The molecular weight excluding hydrogens is 318 g/mol. The first-order chi connectivity index (χ1) is 11.8. The summed E-state index contributed by atoms with van der Waals surface area (Å²) in [5.41, 5.74) is 3.13. The van der Waals surface area contributed by atoms with Crippen LogP contribution in [0, 0.1) is 13.8 Å². The Morgan fingerprint density at radius 3 is 2.24 bits per heavy atom. The lowest BCUT2D eigenvalue weighted by Gasteiger charge is -2.35.